The van der Waals surface area contributed by atoms with Gasteiger partial charge in [-0.2, -0.15) is 5.10 Å². The maximum Gasteiger partial charge on any atom is 0.327 e. The van der Waals surface area contributed by atoms with Crippen molar-refractivity contribution < 1.29 is 9.53 Å². The summed E-state index contributed by atoms with van der Waals surface area (Å²) in [6.07, 6.45) is 5.00. The van der Waals surface area contributed by atoms with Gasteiger partial charge in [-0.05, 0) is 37.5 Å². The third-order valence-electron chi connectivity index (χ3n) is 5.44. The fourth-order valence-electron chi connectivity index (χ4n) is 4.44. The Morgan fingerprint density at radius 1 is 1.46 bits per heavy atom. The van der Waals surface area contributed by atoms with Gasteiger partial charge < -0.3 is 9.64 Å². The molecule has 0 radical (unpaired) electrons. The van der Waals surface area contributed by atoms with Gasteiger partial charge in [0.1, 0.15) is 11.6 Å². The first kappa shape index (κ1) is 17.3. The number of rotatable bonds is 3. The van der Waals surface area contributed by atoms with E-state index >= 15 is 0 Å². The van der Waals surface area contributed by atoms with Gasteiger partial charge in [0.25, 0.3) is 5.56 Å². The van der Waals surface area contributed by atoms with Gasteiger partial charge in [-0.15, -0.1) is 0 Å². The summed E-state index contributed by atoms with van der Waals surface area (Å²) in [5, 5.41) is 4.26. The fourth-order valence-corrected chi connectivity index (χ4v) is 4.68. The molecule has 0 aromatic carbocycles. The third kappa shape index (κ3) is 2.92. The number of esters is 1. The zero-order valence-corrected chi connectivity index (χ0v) is 15.3. The number of hydrogen-bond donors (Lipinski definition) is 0. The molecule has 2 bridgehead atoms. The highest BCUT2D eigenvalue weighted by Gasteiger charge is 2.47. The van der Waals surface area contributed by atoms with Crippen molar-refractivity contribution in [1.82, 2.24) is 9.78 Å². The van der Waals surface area contributed by atoms with Gasteiger partial charge in [0.05, 0.1) is 19.0 Å². The van der Waals surface area contributed by atoms with Gasteiger partial charge in [-0.1, -0.05) is 25.4 Å². The van der Waals surface area contributed by atoms with E-state index in [1.807, 2.05) is 0 Å². The molecule has 0 spiro atoms. The SMILES string of the molecule is COC(=O)Cn1ncc(N2[C@@H]3C[C@H](CC(C)(C)C3)[C@@H]2C)c(Cl)c1=O. The Kier molecular flexibility index (Phi) is 4.36. The molecule has 1 aromatic heterocycles. The largest absolute Gasteiger partial charge is 0.468 e. The quantitative estimate of drug-likeness (QED) is 0.781. The van der Waals surface area contributed by atoms with E-state index in [-0.39, 0.29) is 11.6 Å². The van der Waals surface area contributed by atoms with Gasteiger partial charge in [0.2, 0.25) is 0 Å². The van der Waals surface area contributed by atoms with Gasteiger partial charge in [-0.3, -0.25) is 9.59 Å². The van der Waals surface area contributed by atoms with Gasteiger partial charge in [0, 0.05) is 12.1 Å². The fraction of sp³-hybridized carbons (Fsp3) is 0.706. The summed E-state index contributed by atoms with van der Waals surface area (Å²) in [7, 11) is 1.28. The third-order valence-corrected chi connectivity index (χ3v) is 5.80. The van der Waals surface area contributed by atoms with Crippen LogP contribution >= 0.6 is 11.6 Å². The minimum Gasteiger partial charge on any atom is -0.468 e. The van der Waals surface area contributed by atoms with Gasteiger partial charge in [0.15, 0.2) is 0 Å². The van der Waals surface area contributed by atoms with E-state index in [9.17, 15) is 9.59 Å². The normalized spacial score (nSPS) is 28.0. The lowest BCUT2D eigenvalue weighted by Crippen LogP contribution is -2.38. The maximum atomic E-state index is 12.5. The highest BCUT2D eigenvalue weighted by atomic mass is 35.5. The van der Waals surface area contributed by atoms with E-state index in [4.69, 9.17) is 11.6 Å². The maximum absolute atomic E-state index is 12.5. The van der Waals surface area contributed by atoms with Crippen LogP contribution in [0, 0.1) is 11.3 Å². The number of carbonyl (C=O) groups is 1. The zero-order valence-electron chi connectivity index (χ0n) is 14.6. The second kappa shape index (κ2) is 6.06. The van der Waals surface area contributed by atoms with E-state index in [0.29, 0.717) is 29.1 Å². The van der Waals surface area contributed by atoms with Crippen LogP contribution in [0.25, 0.3) is 0 Å². The summed E-state index contributed by atoms with van der Waals surface area (Å²) >= 11 is 6.36. The van der Waals surface area contributed by atoms with E-state index in [1.165, 1.54) is 13.5 Å². The molecule has 132 valence electrons. The second-order valence-electron chi connectivity index (χ2n) is 7.75. The molecule has 1 saturated carbocycles. The van der Waals surface area contributed by atoms with Gasteiger partial charge >= 0.3 is 5.97 Å². The molecule has 1 aromatic rings. The monoisotopic (exact) mass is 353 g/mol. The van der Waals surface area contributed by atoms with Gasteiger partial charge in [-0.25, -0.2) is 4.68 Å². The Bertz CT molecular complexity index is 716. The van der Waals surface area contributed by atoms with Crippen molar-refractivity contribution in [2.24, 2.45) is 11.3 Å². The predicted molar refractivity (Wildman–Crippen MR) is 92.4 cm³/mol. The molecule has 0 unspecified atom stereocenters. The number of fused-ring (bicyclic) bond motifs is 2. The number of ether oxygens (including phenoxy) is 1. The summed E-state index contributed by atoms with van der Waals surface area (Å²) in [5.74, 6) is 0.0767. The smallest absolute Gasteiger partial charge is 0.327 e. The van der Waals surface area contributed by atoms with E-state index in [2.05, 4.69) is 35.5 Å². The lowest BCUT2D eigenvalue weighted by molar-refractivity contribution is -0.141. The highest BCUT2D eigenvalue weighted by molar-refractivity contribution is 6.33. The van der Waals surface area contributed by atoms with E-state index < -0.39 is 11.5 Å². The molecule has 2 fully saturated rings. The Morgan fingerprint density at radius 2 is 2.17 bits per heavy atom. The number of nitrogens with zero attached hydrogens (tertiary/aromatic N) is 3. The molecule has 0 amide bonds. The van der Waals surface area contributed by atoms with Crippen LogP contribution in [0.2, 0.25) is 5.02 Å². The topological polar surface area (TPSA) is 64.4 Å². The van der Waals surface area contributed by atoms with Crippen molar-refractivity contribution in [3.05, 3.63) is 21.6 Å². The number of methoxy groups -OCH3 is 1. The summed E-state index contributed by atoms with van der Waals surface area (Å²) in [6.45, 7) is 6.57. The van der Waals surface area contributed by atoms with Crippen LogP contribution in [0.3, 0.4) is 0 Å². The Morgan fingerprint density at radius 3 is 2.83 bits per heavy atom. The van der Waals surface area contributed by atoms with Crippen molar-refractivity contribution in [3.63, 3.8) is 0 Å². The van der Waals surface area contributed by atoms with Crippen LogP contribution in [0.1, 0.15) is 40.0 Å². The molecular formula is C17H24ClN3O3. The van der Waals surface area contributed by atoms with E-state index in [0.717, 1.165) is 17.5 Å². The first-order chi connectivity index (χ1) is 11.2. The lowest BCUT2D eigenvalue weighted by atomic mass is 9.71. The van der Waals surface area contributed by atoms with Crippen molar-refractivity contribution in [2.75, 3.05) is 12.0 Å². The average Bonchev–Trinajstić information content (AvgIpc) is 2.74. The highest BCUT2D eigenvalue weighted by Crippen LogP contribution is 2.50. The van der Waals surface area contributed by atoms with Crippen molar-refractivity contribution in [2.45, 2.75) is 58.7 Å². The molecule has 7 heteroatoms. The predicted octanol–water partition coefficient (Wildman–Crippen LogP) is 2.47. The number of carbonyl (C=O) groups excluding carboxylic acids is 1. The second-order valence-corrected chi connectivity index (χ2v) is 8.13. The molecule has 2 aliphatic rings. The Labute approximate surface area is 146 Å². The molecular weight excluding hydrogens is 330 g/mol. The number of aromatic nitrogens is 2. The molecule has 1 aliphatic heterocycles. The van der Waals surface area contributed by atoms with Crippen LogP contribution in [-0.2, 0) is 16.1 Å². The van der Waals surface area contributed by atoms with Crippen molar-refractivity contribution in [1.29, 1.82) is 0 Å². The Balaban J connectivity index is 1.94. The summed E-state index contributed by atoms with van der Waals surface area (Å²) in [5.41, 5.74) is 0.532. The lowest BCUT2D eigenvalue weighted by Gasteiger charge is -2.35. The standard InChI is InChI=1S/C17H24ClN3O3/c1-10-11-5-12(7-17(2,3)6-11)21(10)13-8-19-20(9-14(22)24-4)16(23)15(13)18/h8,10-12H,5-7,9H2,1-4H3/t10-,11+,12+/m0/s1. The number of anilines is 1. The molecule has 2 heterocycles. The number of halogens is 1. The number of hydrogen-bond acceptors (Lipinski definition) is 5. The van der Waals surface area contributed by atoms with Crippen LogP contribution in [-0.4, -0.2) is 34.9 Å². The first-order valence-corrected chi connectivity index (χ1v) is 8.72. The van der Waals surface area contributed by atoms with E-state index in [1.54, 1.807) is 6.20 Å². The molecule has 1 saturated heterocycles. The van der Waals surface area contributed by atoms with Crippen LogP contribution < -0.4 is 10.5 Å². The molecule has 0 N–H and O–H groups in total. The molecule has 1 aliphatic carbocycles. The van der Waals surface area contributed by atoms with Crippen LogP contribution in [0.15, 0.2) is 11.0 Å². The zero-order chi connectivity index (χ0) is 17.6. The summed E-state index contributed by atoms with van der Waals surface area (Å²) in [4.78, 5) is 26.1. The van der Waals surface area contributed by atoms with Crippen molar-refractivity contribution >= 4 is 23.3 Å². The first-order valence-electron chi connectivity index (χ1n) is 8.34. The summed E-state index contributed by atoms with van der Waals surface area (Å²) < 4.78 is 5.63. The van der Waals surface area contributed by atoms with Crippen LogP contribution in [0.4, 0.5) is 5.69 Å². The van der Waals surface area contributed by atoms with Crippen molar-refractivity contribution in [3.8, 4) is 0 Å². The minimum atomic E-state index is -0.527. The summed E-state index contributed by atoms with van der Waals surface area (Å²) in [6, 6.07) is 0.704. The molecule has 3 rings (SSSR count). The molecule has 24 heavy (non-hydrogen) atoms. The Hall–Kier alpha value is -1.56. The minimum absolute atomic E-state index is 0.131. The molecule has 3 atom stereocenters. The van der Waals surface area contributed by atoms with Crippen LogP contribution in [0.5, 0.6) is 0 Å². The average molecular weight is 354 g/mol. The molecule has 6 nitrogen and oxygen atoms in total.